The molecule has 1 atom stereocenters. The molecule has 0 saturated heterocycles. The third-order valence-corrected chi connectivity index (χ3v) is 4.30. The maximum absolute atomic E-state index is 12.5. The lowest BCUT2D eigenvalue weighted by Gasteiger charge is -2.19. The summed E-state index contributed by atoms with van der Waals surface area (Å²) >= 11 is 0. The van der Waals surface area contributed by atoms with E-state index in [1.54, 1.807) is 25.1 Å². The summed E-state index contributed by atoms with van der Waals surface area (Å²) in [6.45, 7) is 11.8. The van der Waals surface area contributed by atoms with Crippen molar-refractivity contribution in [1.82, 2.24) is 0 Å². The summed E-state index contributed by atoms with van der Waals surface area (Å²) in [6, 6.07) is 13.1. The third kappa shape index (κ3) is 4.56. The van der Waals surface area contributed by atoms with Crippen molar-refractivity contribution < 1.29 is 14.3 Å². The first kappa shape index (κ1) is 18.9. The molecular formula is C22H26O3. The van der Waals surface area contributed by atoms with Gasteiger partial charge >= 0.3 is 5.97 Å². The molecule has 2 aromatic rings. The van der Waals surface area contributed by atoms with Gasteiger partial charge in [-0.25, -0.2) is 4.79 Å². The van der Waals surface area contributed by atoms with Crippen LogP contribution in [0.15, 0.2) is 42.5 Å². The Labute approximate surface area is 150 Å². The highest BCUT2D eigenvalue weighted by molar-refractivity contribution is 6.01. The van der Waals surface area contributed by atoms with E-state index < -0.39 is 12.1 Å². The zero-order valence-corrected chi connectivity index (χ0v) is 15.8. The fourth-order valence-corrected chi connectivity index (χ4v) is 2.60. The van der Waals surface area contributed by atoms with Crippen molar-refractivity contribution in [3.63, 3.8) is 0 Å². The van der Waals surface area contributed by atoms with E-state index in [0.717, 1.165) is 16.7 Å². The minimum atomic E-state index is -0.826. The number of hydrogen-bond donors (Lipinski definition) is 0. The number of ketones is 1. The number of Topliss-reactive ketones (excluding diaryl/α,β-unsaturated/α-hetero) is 1. The fraction of sp³-hybridized carbons (Fsp3) is 0.364. The highest BCUT2D eigenvalue weighted by atomic mass is 16.5. The first-order valence-corrected chi connectivity index (χ1v) is 8.52. The second-order valence-corrected chi connectivity index (χ2v) is 7.56. The van der Waals surface area contributed by atoms with E-state index in [2.05, 4.69) is 20.8 Å². The first-order chi connectivity index (χ1) is 11.6. The lowest BCUT2D eigenvalue weighted by atomic mass is 9.86. The molecule has 0 saturated carbocycles. The van der Waals surface area contributed by atoms with Crippen LogP contribution in [-0.4, -0.2) is 17.9 Å². The summed E-state index contributed by atoms with van der Waals surface area (Å²) in [4.78, 5) is 24.9. The highest BCUT2D eigenvalue weighted by Crippen LogP contribution is 2.23. The van der Waals surface area contributed by atoms with Crippen LogP contribution in [0.2, 0.25) is 0 Å². The predicted octanol–water partition coefficient (Wildman–Crippen LogP) is 5.03. The van der Waals surface area contributed by atoms with E-state index >= 15 is 0 Å². The Kier molecular flexibility index (Phi) is 5.46. The normalized spacial score (nSPS) is 12.6. The number of carbonyl (C=O) groups excluding carboxylic acids is 2. The van der Waals surface area contributed by atoms with E-state index in [1.807, 2.05) is 38.1 Å². The summed E-state index contributed by atoms with van der Waals surface area (Å²) in [5, 5.41) is 0. The summed E-state index contributed by atoms with van der Waals surface area (Å²) in [5.74, 6) is -0.660. The molecule has 0 N–H and O–H groups in total. The average molecular weight is 338 g/mol. The second kappa shape index (κ2) is 7.22. The molecule has 3 heteroatoms. The predicted molar refractivity (Wildman–Crippen MR) is 100 cm³/mol. The number of aryl methyl sites for hydroxylation is 2. The number of ether oxygens (including phenoxy) is 1. The summed E-state index contributed by atoms with van der Waals surface area (Å²) < 4.78 is 5.40. The molecule has 0 aliphatic carbocycles. The average Bonchev–Trinajstić information content (AvgIpc) is 2.55. The van der Waals surface area contributed by atoms with Gasteiger partial charge in [-0.2, -0.15) is 0 Å². The van der Waals surface area contributed by atoms with Crippen LogP contribution in [0.4, 0.5) is 0 Å². The van der Waals surface area contributed by atoms with E-state index in [1.165, 1.54) is 0 Å². The van der Waals surface area contributed by atoms with Crippen molar-refractivity contribution in [1.29, 1.82) is 0 Å². The monoisotopic (exact) mass is 338 g/mol. The fourth-order valence-electron chi connectivity index (χ4n) is 2.60. The lowest BCUT2D eigenvalue weighted by molar-refractivity contribution is 0.0318. The molecule has 0 unspecified atom stereocenters. The van der Waals surface area contributed by atoms with Gasteiger partial charge in [0.15, 0.2) is 6.10 Å². The van der Waals surface area contributed by atoms with Crippen molar-refractivity contribution in [3.8, 4) is 0 Å². The van der Waals surface area contributed by atoms with Crippen LogP contribution >= 0.6 is 0 Å². The molecule has 0 amide bonds. The van der Waals surface area contributed by atoms with Gasteiger partial charge < -0.3 is 4.74 Å². The van der Waals surface area contributed by atoms with Gasteiger partial charge in [0.1, 0.15) is 0 Å². The number of benzene rings is 2. The molecule has 2 aromatic carbocycles. The second-order valence-electron chi connectivity index (χ2n) is 7.56. The maximum Gasteiger partial charge on any atom is 0.339 e. The Morgan fingerprint density at radius 2 is 1.56 bits per heavy atom. The molecule has 0 aliphatic heterocycles. The molecule has 0 aromatic heterocycles. The zero-order valence-electron chi connectivity index (χ0n) is 15.8. The zero-order chi connectivity index (χ0) is 18.8. The van der Waals surface area contributed by atoms with Crippen molar-refractivity contribution >= 4 is 11.8 Å². The SMILES string of the molecule is Cc1ccc(C)c(C(=O)O[C@@H](C)C(=O)c2ccc(C(C)(C)C)cc2)c1. The quantitative estimate of drug-likeness (QED) is 0.580. The Morgan fingerprint density at radius 3 is 2.12 bits per heavy atom. The van der Waals surface area contributed by atoms with Gasteiger partial charge in [0, 0.05) is 5.56 Å². The summed E-state index contributed by atoms with van der Waals surface area (Å²) in [7, 11) is 0. The molecular weight excluding hydrogens is 312 g/mol. The topological polar surface area (TPSA) is 43.4 Å². The van der Waals surface area contributed by atoms with Crippen LogP contribution in [0.25, 0.3) is 0 Å². The first-order valence-electron chi connectivity index (χ1n) is 8.52. The minimum Gasteiger partial charge on any atom is -0.451 e. The van der Waals surface area contributed by atoms with Crippen LogP contribution in [0.1, 0.15) is 65.1 Å². The lowest BCUT2D eigenvalue weighted by Crippen LogP contribution is -2.25. The Morgan fingerprint density at radius 1 is 0.960 bits per heavy atom. The number of hydrogen-bond acceptors (Lipinski definition) is 3. The van der Waals surface area contributed by atoms with Crippen LogP contribution in [0.5, 0.6) is 0 Å². The molecule has 2 rings (SSSR count). The van der Waals surface area contributed by atoms with Gasteiger partial charge in [0.05, 0.1) is 5.56 Å². The summed E-state index contributed by atoms with van der Waals surface area (Å²) in [6.07, 6.45) is -0.826. The van der Waals surface area contributed by atoms with Gasteiger partial charge in [0.2, 0.25) is 5.78 Å². The van der Waals surface area contributed by atoms with Crippen molar-refractivity contribution in [3.05, 3.63) is 70.3 Å². The molecule has 0 bridgehead atoms. The van der Waals surface area contributed by atoms with Crippen LogP contribution in [0.3, 0.4) is 0 Å². The molecule has 0 radical (unpaired) electrons. The molecule has 0 heterocycles. The van der Waals surface area contributed by atoms with Crippen LogP contribution < -0.4 is 0 Å². The van der Waals surface area contributed by atoms with E-state index in [-0.39, 0.29) is 11.2 Å². The van der Waals surface area contributed by atoms with Gasteiger partial charge in [-0.1, -0.05) is 62.7 Å². The van der Waals surface area contributed by atoms with Gasteiger partial charge in [0.25, 0.3) is 0 Å². The van der Waals surface area contributed by atoms with Gasteiger partial charge in [-0.05, 0) is 43.4 Å². The molecule has 3 nitrogen and oxygen atoms in total. The standard InChI is InChI=1S/C22H26O3/c1-14-7-8-15(2)19(13-14)21(24)25-16(3)20(23)17-9-11-18(12-10-17)22(4,5)6/h7-13,16H,1-6H3/t16-/m0/s1. The van der Waals surface area contributed by atoms with Crippen molar-refractivity contribution in [2.24, 2.45) is 0 Å². The third-order valence-electron chi connectivity index (χ3n) is 4.30. The molecule has 25 heavy (non-hydrogen) atoms. The number of rotatable bonds is 4. The van der Waals surface area contributed by atoms with Crippen molar-refractivity contribution in [2.45, 2.75) is 53.1 Å². The van der Waals surface area contributed by atoms with Gasteiger partial charge in [-0.3, -0.25) is 4.79 Å². The van der Waals surface area contributed by atoms with E-state index in [9.17, 15) is 9.59 Å². The van der Waals surface area contributed by atoms with E-state index in [0.29, 0.717) is 11.1 Å². The highest BCUT2D eigenvalue weighted by Gasteiger charge is 2.22. The Hall–Kier alpha value is -2.42. The van der Waals surface area contributed by atoms with Crippen molar-refractivity contribution in [2.75, 3.05) is 0 Å². The Bertz CT molecular complexity index is 780. The largest absolute Gasteiger partial charge is 0.451 e. The van der Waals surface area contributed by atoms with Crippen LogP contribution in [0, 0.1) is 13.8 Å². The summed E-state index contributed by atoms with van der Waals surface area (Å²) in [5.41, 5.74) is 4.06. The minimum absolute atomic E-state index is 0.0301. The van der Waals surface area contributed by atoms with Crippen LogP contribution in [-0.2, 0) is 10.2 Å². The molecule has 0 aliphatic rings. The molecule has 0 spiro atoms. The van der Waals surface area contributed by atoms with Gasteiger partial charge in [-0.15, -0.1) is 0 Å². The smallest absolute Gasteiger partial charge is 0.339 e. The molecule has 0 fully saturated rings. The maximum atomic E-state index is 12.5. The number of carbonyl (C=O) groups is 2. The Balaban J connectivity index is 2.12. The van der Waals surface area contributed by atoms with E-state index in [4.69, 9.17) is 4.74 Å². The number of esters is 1. The molecule has 132 valence electrons.